The Balaban J connectivity index is 1.98. The van der Waals surface area contributed by atoms with E-state index in [1.165, 1.54) is 24.4 Å². The zero-order valence-corrected chi connectivity index (χ0v) is 20.6. The fraction of sp³-hybridized carbons (Fsp3) is 0.192. The molecule has 3 aromatic heterocycles. The molecule has 3 N–H and O–H groups in total. The molecule has 10 nitrogen and oxygen atoms in total. The smallest absolute Gasteiger partial charge is 0.222 e. The lowest BCUT2D eigenvalue weighted by molar-refractivity contribution is 0.276. The van der Waals surface area contributed by atoms with Gasteiger partial charge < -0.3 is 15.6 Å². The number of carbonyl (C=O) groups is 1. The molecule has 37 heavy (non-hydrogen) atoms. The first-order valence-electron chi connectivity index (χ1n) is 11.3. The second-order valence-corrected chi connectivity index (χ2v) is 8.22. The standard InChI is InChI=1S/C26H26FN7O3/c1-16-9-18(10-19(14-35)30-16)23-24(17-7-5-4-6-8-17)31-26(28)34(15-36)25(23)32-33(2)13-22-21(27)11-20(37-3)12-29-22/h4-12,15,35H,13-14H2,1-3H3,(H2,28,31)/b32-25-. The number of pyridine rings is 2. The molecule has 4 aromatic rings. The highest BCUT2D eigenvalue weighted by atomic mass is 19.1. The molecule has 3 heterocycles. The van der Waals surface area contributed by atoms with E-state index >= 15 is 0 Å². The molecule has 4 rings (SSSR count). The maximum absolute atomic E-state index is 14.6. The molecule has 190 valence electrons. The number of ether oxygens (including phenoxy) is 1. The van der Waals surface area contributed by atoms with Gasteiger partial charge in [-0.2, -0.15) is 5.10 Å². The summed E-state index contributed by atoms with van der Waals surface area (Å²) in [5, 5.41) is 15.9. The minimum absolute atomic E-state index is 0.00567. The Hall–Kier alpha value is -4.64. The first-order valence-corrected chi connectivity index (χ1v) is 11.3. The molecular weight excluding hydrogens is 477 g/mol. The van der Waals surface area contributed by atoms with Crippen LogP contribution >= 0.6 is 0 Å². The summed E-state index contributed by atoms with van der Waals surface area (Å²) in [6, 6.07) is 14.1. The first kappa shape index (κ1) is 25.5. The van der Waals surface area contributed by atoms with E-state index in [2.05, 4.69) is 20.1 Å². The summed E-state index contributed by atoms with van der Waals surface area (Å²) in [5.41, 5.74) is 9.92. The number of carbonyl (C=O) groups excluding carboxylic acids is 1. The van der Waals surface area contributed by atoms with Crippen LogP contribution in [0.15, 0.2) is 59.8 Å². The number of nitrogens with two attached hydrogens (primary N) is 1. The zero-order chi connectivity index (χ0) is 26.5. The van der Waals surface area contributed by atoms with Gasteiger partial charge in [0, 0.05) is 24.4 Å². The van der Waals surface area contributed by atoms with Crippen molar-refractivity contribution in [3.63, 3.8) is 0 Å². The van der Waals surface area contributed by atoms with Crippen LogP contribution in [0.3, 0.4) is 0 Å². The number of methoxy groups -OCH3 is 1. The molecule has 11 heteroatoms. The van der Waals surface area contributed by atoms with Gasteiger partial charge in [0.15, 0.2) is 5.49 Å². The lowest BCUT2D eigenvalue weighted by atomic mass is 9.99. The summed E-state index contributed by atoms with van der Waals surface area (Å²) in [7, 11) is 3.05. The number of halogens is 1. The zero-order valence-electron chi connectivity index (χ0n) is 20.6. The maximum Gasteiger partial charge on any atom is 0.222 e. The van der Waals surface area contributed by atoms with Crippen LogP contribution in [0.5, 0.6) is 5.75 Å². The average Bonchev–Trinajstić information content (AvgIpc) is 2.89. The van der Waals surface area contributed by atoms with Gasteiger partial charge >= 0.3 is 0 Å². The van der Waals surface area contributed by atoms with Crippen LogP contribution in [0, 0.1) is 12.7 Å². The van der Waals surface area contributed by atoms with Gasteiger partial charge in [-0.05, 0) is 24.6 Å². The molecule has 0 atom stereocenters. The van der Waals surface area contributed by atoms with Crippen molar-refractivity contribution in [2.75, 3.05) is 19.9 Å². The lowest BCUT2D eigenvalue weighted by Gasteiger charge is -2.18. The third kappa shape index (κ3) is 5.46. The van der Waals surface area contributed by atoms with Crippen LogP contribution in [0.2, 0.25) is 0 Å². The quantitative estimate of drug-likeness (QED) is 0.277. The third-order valence-electron chi connectivity index (χ3n) is 5.54. The molecule has 0 spiro atoms. The summed E-state index contributed by atoms with van der Waals surface area (Å²) in [6.45, 7) is 1.51. The predicted octanol–water partition coefficient (Wildman–Crippen LogP) is 2.52. The van der Waals surface area contributed by atoms with Gasteiger partial charge in [-0.1, -0.05) is 30.3 Å². The minimum Gasteiger partial charge on any atom is -0.495 e. The first-order chi connectivity index (χ1) is 17.8. The second-order valence-electron chi connectivity index (χ2n) is 8.22. The summed E-state index contributed by atoms with van der Waals surface area (Å²) in [5.74, 6) is -0.336. The molecule has 1 aromatic carbocycles. The Morgan fingerprint density at radius 2 is 1.95 bits per heavy atom. The van der Waals surface area contributed by atoms with Crippen LogP contribution in [0.1, 0.15) is 17.1 Å². The van der Waals surface area contributed by atoms with Crippen LogP contribution in [0.25, 0.3) is 22.4 Å². The normalized spacial score (nSPS) is 11.4. The monoisotopic (exact) mass is 503 g/mol. The molecule has 0 amide bonds. The third-order valence-corrected chi connectivity index (χ3v) is 5.54. The molecule has 0 aliphatic rings. The number of hydrogen-bond donors (Lipinski definition) is 2. The van der Waals surface area contributed by atoms with Gasteiger partial charge in [0.1, 0.15) is 11.6 Å². The fourth-order valence-electron chi connectivity index (χ4n) is 3.89. The number of aromatic nitrogens is 4. The van der Waals surface area contributed by atoms with Crippen molar-refractivity contribution in [1.29, 1.82) is 0 Å². The molecule has 0 saturated carbocycles. The number of aryl methyl sites for hydroxylation is 1. The van der Waals surface area contributed by atoms with Crippen molar-refractivity contribution in [2.24, 2.45) is 5.10 Å². The van der Waals surface area contributed by atoms with Gasteiger partial charge in [0.25, 0.3) is 0 Å². The van der Waals surface area contributed by atoms with Gasteiger partial charge in [-0.15, -0.1) is 0 Å². The molecule has 0 bridgehead atoms. The minimum atomic E-state index is -0.554. The Morgan fingerprint density at radius 1 is 1.19 bits per heavy atom. The van der Waals surface area contributed by atoms with Crippen LogP contribution < -0.4 is 16.0 Å². The number of hydrogen-bond acceptors (Lipinski definition) is 9. The van der Waals surface area contributed by atoms with Crippen LogP contribution in [0.4, 0.5) is 10.3 Å². The summed E-state index contributed by atoms with van der Waals surface area (Å²) in [6.07, 6.45) is 1.93. The Kier molecular flexibility index (Phi) is 7.54. The lowest BCUT2D eigenvalue weighted by Crippen LogP contribution is -2.31. The molecule has 0 fully saturated rings. The molecule has 0 aliphatic heterocycles. The largest absolute Gasteiger partial charge is 0.495 e. The molecule has 0 radical (unpaired) electrons. The van der Waals surface area contributed by atoms with Crippen molar-refractivity contribution in [3.05, 3.63) is 83.1 Å². The van der Waals surface area contributed by atoms with E-state index in [0.717, 1.165) is 10.1 Å². The van der Waals surface area contributed by atoms with E-state index in [1.54, 1.807) is 26.1 Å². The van der Waals surface area contributed by atoms with Crippen molar-refractivity contribution < 1.29 is 19.0 Å². The topological polar surface area (TPSA) is 132 Å². The van der Waals surface area contributed by atoms with Gasteiger partial charge in [0.2, 0.25) is 12.4 Å². The Morgan fingerprint density at radius 3 is 2.59 bits per heavy atom. The van der Waals surface area contributed by atoms with Gasteiger partial charge in [0.05, 0.1) is 49.1 Å². The molecule has 0 saturated heterocycles. The molecule has 0 aliphatic carbocycles. The van der Waals surface area contributed by atoms with Gasteiger partial charge in [-0.25, -0.2) is 13.9 Å². The van der Waals surface area contributed by atoms with Gasteiger partial charge in [-0.3, -0.25) is 19.8 Å². The number of aliphatic hydroxyl groups excluding tert-OH is 1. The fourth-order valence-corrected chi connectivity index (χ4v) is 3.89. The van der Waals surface area contributed by atoms with E-state index in [0.29, 0.717) is 40.4 Å². The van der Waals surface area contributed by atoms with Crippen molar-refractivity contribution in [1.82, 2.24) is 24.5 Å². The van der Waals surface area contributed by atoms with Crippen LogP contribution in [-0.2, 0) is 17.9 Å². The van der Waals surface area contributed by atoms with Crippen molar-refractivity contribution in [3.8, 4) is 28.1 Å². The number of benzene rings is 1. The maximum atomic E-state index is 14.6. The van der Waals surface area contributed by atoms with E-state index in [-0.39, 0.29) is 30.3 Å². The molecule has 0 unspecified atom stereocenters. The summed E-state index contributed by atoms with van der Waals surface area (Å²) >= 11 is 0. The number of nitrogen functional groups attached to an aromatic ring is 1. The van der Waals surface area contributed by atoms with E-state index in [4.69, 9.17) is 10.5 Å². The van der Waals surface area contributed by atoms with Crippen molar-refractivity contribution in [2.45, 2.75) is 20.1 Å². The number of nitrogens with zero attached hydrogens (tertiary/aromatic N) is 6. The number of anilines is 1. The Bertz CT molecular complexity index is 1510. The highest BCUT2D eigenvalue weighted by Gasteiger charge is 2.19. The summed E-state index contributed by atoms with van der Waals surface area (Å²) < 4.78 is 20.7. The highest BCUT2D eigenvalue weighted by Crippen LogP contribution is 2.29. The van der Waals surface area contributed by atoms with E-state index in [1.807, 2.05) is 30.3 Å². The Labute approximate surface area is 212 Å². The number of aliphatic hydroxyl groups is 1. The highest BCUT2D eigenvalue weighted by molar-refractivity contribution is 5.82. The van der Waals surface area contributed by atoms with Crippen molar-refractivity contribution >= 4 is 12.4 Å². The number of rotatable bonds is 8. The van der Waals surface area contributed by atoms with Crippen LogP contribution in [-0.4, -0.2) is 50.2 Å². The second kappa shape index (κ2) is 11.0. The predicted molar refractivity (Wildman–Crippen MR) is 136 cm³/mol. The average molecular weight is 504 g/mol. The van der Waals surface area contributed by atoms with E-state index in [9.17, 15) is 14.3 Å². The molecular formula is C26H26FN7O3. The van der Waals surface area contributed by atoms with E-state index < -0.39 is 5.82 Å². The summed E-state index contributed by atoms with van der Waals surface area (Å²) in [4.78, 5) is 25.1. The SMILES string of the molecule is COc1cnc(CN(C)/N=c2/c(-c3cc(C)nc(CO)c3)c(-c3ccccc3)nc(N)n2C=O)c(F)c1.